The molecule has 0 unspecified atom stereocenters. The number of imidazole rings is 1. The highest BCUT2D eigenvalue weighted by Gasteiger charge is 2.22. The van der Waals surface area contributed by atoms with Gasteiger partial charge in [0.05, 0.1) is 11.0 Å². The lowest BCUT2D eigenvalue weighted by Crippen LogP contribution is -2.34. The number of rotatable bonds is 6. The molecule has 5 heteroatoms. The zero-order chi connectivity index (χ0) is 20.4. The van der Waals surface area contributed by atoms with E-state index in [-0.39, 0.29) is 17.8 Å². The lowest BCUT2D eigenvalue weighted by atomic mass is 10.1. The number of halogens is 1. The number of hydrogen-bond acceptors (Lipinski definition) is 2. The molecule has 3 aromatic rings. The Hall–Kier alpha value is -2.69. The third kappa shape index (κ3) is 4.24. The van der Waals surface area contributed by atoms with Gasteiger partial charge in [-0.1, -0.05) is 26.0 Å². The maximum atomic E-state index is 13.3. The minimum absolute atomic E-state index is 0.0217. The van der Waals surface area contributed by atoms with Crippen LogP contribution in [-0.2, 0) is 11.2 Å². The summed E-state index contributed by atoms with van der Waals surface area (Å²) >= 11 is 0. The summed E-state index contributed by atoms with van der Waals surface area (Å²) in [5, 5.41) is 3.02. The maximum absolute atomic E-state index is 13.3. The number of nitrogens with zero attached hydrogens (tertiary/aromatic N) is 2. The number of carbonyl (C=O) groups is 1. The van der Waals surface area contributed by atoms with E-state index in [1.165, 1.54) is 17.7 Å². The largest absolute Gasteiger partial charge is 0.354 e. The molecule has 3 rings (SSSR count). The zero-order valence-corrected chi connectivity index (χ0v) is 17.2. The van der Waals surface area contributed by atoms with Crippen LogP contribution in [0.3, 0.4) is 0 Å². The first kappa shape index (κ1) is 20.1. The third-order valence-electron chi connectivity index (χ3n) is 5.10. The predicted molar refractivity (Wildman–Crippen MR) is 111 cm³/mol. The fourth-order valence-electron chi connectivity index (χ4n) is 3.31. The molecule has 1 heterocycles. The first-order valence-electron chi connectivity index (χ1n) is 9.76. The average Bonchev–Trinajstić information content (AvgIpc) is 2.98. The minimum Gasteiger partial charge on any atom is -0.354 e. The molecule has 0 aliphatic rings. The van der Waals surface area contributed by atoms with Gasteiger partial charge in [0.1, 0.15) is 17.7 Å². The van der Waals surface area contributed by atoms with Crippen LogP contribution in [0.15, 0.2) is 36.4 Å². The van der Waals surface area contributed by atoms with Gasteiger partial charge in [0, 0.05) is 13.0 Å². The molecular formula is C23H28FN3O. The minimum atomic E-state index is -0.388. The Balaban J connectivity index is 2.04. The summed E-state index contributed by atoms with van der Waals surface area (Å²) in [4.78, 5) is 17.6. The van der Waals surface area contributed by atoms with E-state index in [4.69, 9.17) is 4.98 Å². The standard InChI is InChI=1S/C23H28FN3O/c1-14(2)13-25-23(28)17(5)27-21-11-16(4)15(3)10-20(21)26-22(27)12-18-6-8-19(24)9-7-18/h6-11,14,17H,12-13H2,1-5H3,(H,25,28)/t17-/m0/s1. The second-order valence-corrected chi connectivity index (χ2v) is 7.94. The lowest BCUT2D eigenvalue weighted by molar-refractivity contribution is -0.124. The molecular weight excluding hydrogens is 353 g/mol. The molecule has 0 radical (unpaired) electrons. The van der Waals surface area contributed by atoms with Crippen molar-refractivity contribution in [1.82, 2.24) is 14.9 Å². The van der Waals surface area contributed by atoms with Crippen molar-refractivity contribution >= 4 is 16.9 Å². The van der Waals surface area contributed by atoms with E-state index in [1.54, 1.807) is 12.1 Å². The quantitative estimate of drug-likeness (QED) is 0.672. The fourth-order valence-corrected chi connectivity index (χ4v) is 3.31. The Kier molecular flexibility index (Phi) is 5.82. The van der Waals surface area contributed by atoms with Gasteiger partial charge >= 0.3 is 0 Å². The number of benzene rings is 2. The second-order valence-electron chi connectivity index (χ2n) is 7.94. The lowest BCUT2D eigenvalue weighted by Gasteiger charge is -2.19. The number of carbonyl (C=O) groups excluding carboxylic acids is 1. The van der Waals surface area contributed by atoms with Gasteiger partial charge in [-0.25, -0.2) is 9.37 Å². The summed E-state index contributed by atoms with van der Waals surface area (Å²) in [6.07, 6.45) is 0.537. The molecule has 148 valence electrons. The van der Waals surface area contributed by atoms with Crippen molar-refractivity contribution < 1.29 is 9.18 Å². The highest BCUT2D eigenvalue weighted by Crippen LogP contribution is 2.26. The van der Waals surface area contributed by atoms with E-state index < -0.39 is 0 Å². The molecule has 0 saturated carbocycles. The van der Waals surface area contributed by atoms with Crippen LogP contribution in [0.2, 0.25) is 0 Å². The molecule has 1 amide bonds. The fraction of sp³-hybridized carbons (Fsp3) is 0.391. The maximum Gasteiger partial charge on any atom is 0.242 e. The van der Waals surface area contributed by atoms with E-state index >= 15 is 0 Å². The van der Waals surface area contributed by atoms with Gasteiger partial charge in [-0.2, -0.15) is 0 Å². The Morgan fingerprint density at radius 3 is 2.39 bits per heavy atom. The van der Waals surface area contributed by atoms with Crippen molar-refractivity contribution in [2.75, 3.05) is 6.54 Å². The van der Waals surface area contributed by atoms with Gasteiger partial charge in [0.25, 0.3) is 0 Å². The summed E-state index contributed by atoms with van der Waals surface area (Å²) in [6.45, 7) is 10.8. The van der Waals surface area contributed by atoms with Crippen LogP contribution in [0.5, 0.6) is 0 Å². The van der Waals surface area contributed by atoms with E-state index in [0.29, 0.717) is 18.9 Å². The van der Waals surface area contributed by atoms with Crippen molar-refractivity contribution in [3.63, 3.8) is 0 Å². The first-order chi connectivity index (χ1) is 13.3. The molecule has 0 aliphatic heterocycles. The van der Waals surface area contributed by atoms with Gasteiger partial charge in [0.15, 0.2) is 0 Å². The Morgan fingerprint density at radius 1 is 1.11 bits per heavy atom. The third-order valence-corrected chi connectivity index (χ3v) is 5.10. The average molecular weight is 381 g/mol. The second kappa shape index (κ2) is 8.13. The van der Waals surface area contributed by atoms with Gasteiger partial charge in [-0.15, -0.1) is 0 Å². The van der Waals surface area contributed by atoms with Crippen molar-refractivity contribution in [2.45, 2.75) is 47.1 Å². The van der Waals surface area contributed by atoms with Crippen LogP contribution in [0.1, 0.15) is 49.3 Å². The highest BCUT2D eigenvalue weighted by molar-refractivity contribution is 5.84. The van der Waals surface area contributed by atoms with Crippen LogP contribution in [-0.4, -0.2) is 22.0 Å². The summed E-state index contributed by atoms with van der Waals surface area (Å²) < 4.78 is 15.3. The Labute approximate surface area is 165 Å². The topological polar surface area (TPSA) is 46.9 Å². The number of hydrogen-bond donors (Lipinski definition) is 1. The van der Waals surface area contributed by atoms with Gasteiger partial charge in [-0.05, 0) is 67.6 Å². The molecule has 0 saturated heterocycles. The molecule has 0 aliphatic carbocycles. The number of aromatic nitrogens is 2. The van der Waals surface area contributed by atoms with E-state index in [1.807, 2.05) is 11.5 Å². The van der Waals surface area contributed by atoms with E-state index in [2.05, 4.69) is 45.1 Å². The summed E-state index contributed by atoms with van der Waals surface area (Å²) in [5.74, 6) is 0.912. The molecule has 0 bridgehead atoms. The van der Waals surface area contributed by atoms with Crippen molar-refractivity contribution in [3.05, 3.63) is 64.7 Å². The Bertz CT molecular complexity index is 989. The molecule has 2 aromatic carbocycles. The van der Waals surface area contributed by atoms with Gasteiger partial charge < -0.3 is 9.88 Å². The monoisotopic (exact) mass is 381 g/mol. The van der Waals surface area contributed by atoms with Crippen LogP contribution in [0.25, 0.3) is 11.0 Å². The number of fused-ring (bicyclic) bond motifs is 1. The van der Waals surface area contributed by atoms with Crippen molar-refractivity contribution in [3.8, 4) is 0 Å². The number of nitrogens with one attached hydrogen (secondary N) is 1. The van der Waals surface area contributed by atoms with Crippen LogP contribution < -0.4 is 5.32 Å². The summed E-state index contributed by atoms with van der Waals surface area (Å²) in [7, 11) is 0. The van der Waals surface area contributed by atoms with E-state index in [9.17, 15) is 9.18 Å². The van der Waals surface area contributed by atoms with Crippen molar-refractivity contribution in [1.29, 1.82) is 0 Å². The molecule has 28 heavy (non-hydrogen) atoms. The molecule has 0 spiro atoms. The predicted octanol–water partition coefficient (Wildman–Crippen LogP) is 4.72. The van der Waals surface area contributed by atoms with Crippen LogP contribution in [0, 0.1) is 25.6 Å². The summed E-state index contributed by atoms with van der Waals surface area (Å²) in [5.41, 5.74) is 5.12. The van der Waals surface area contributed by atoms with Crippen LogP contribution >= 0.6 is 0 Å². The normalized spacial score (nSPS) is 12.5. The Morgan fingerprint density at radius 2 is 1.75 bits per heavy atom. The molecule has 4 nitrogen and oxygen atoms in total. The molecule has 1 N–H and O–H groups in total. The molecule has 1 aromatic heterocycles. The van der Waals surface area contributed by atoms with Gasteiger partial charge in [0.2, 0.25) is 5.91 Å². The van der Waals surface area contributed by atoms with Gasteiger partial charge in [-0.3, -0.25) is 4.79 Å². The summed E-state index contributed by atoms with van der Waals surface area (Å²) in [6, 6.07) is 10.2. The van der Waals surface area contributed by atoms with E-state index in [0.717, 1.165) is 28.0 Å². The molecule has 1 atom stereocenters. The SMILES string of the molecule is Cc1cc2nc(Cc3ccc(F)cc3)n([C@@H](C)C(=O)NCC(C)C)c2cc1C. The zero-order valence-electron chi connectivity index (χ0n) is 17.2. The number of amides is 1. The van der Waals surface area contributed by atoms with Crippen molar-refractivity contribution in [2.24, 2.45) is 5.92 Å². The first-order valence-corrected chi connectivity index (χ1v) is 9.76. The van der Waals surface area contributed by atoms with Crippen LogP contribution in [0.4, 0.5) is 4.39 Å². The number of aryl methyl sites for hydroxylation is 2. The molecule has 0 fully saturated rings. The highest BCUT2D eigenvalue weighted by atomic mass is 19.1. The smallest absolute Gasteiger partial charge is 0.242 e.